The topological polar surface area (TPSA) is 63.2 Å². The second kappa shape index (κ2) is 8.26. The van der Waals surface area contributed by atoms with Crippen LogP contribution in [0.3, 0.4) is 0 Å². The summed E-state index contributed by atoms with van der Waals surface area (Å²) < 4.78 is 26.0. The van der Waals surface area contributed by atoms with Crippen molar-refractivity contribution in [2.45, 2.75) is 58.8 Å². The van der Waals surface area contributed by atoms with Crippen LogP contribution in [-0.4, -0.2) is 14.8 Å². The number of carbonyl (C=O) groups excluding carboxylic acids is 1. The van der Waals surface area contributed by atoms with E-state index < -0.39 is 9.84 Å². The molecule has 0 spiro atoms. The van der Waals surface area contributed by atoms with Crippen molar-refractivity contribution in [2.75, 3.05) is 0 Å². The molecule has 0 saturated carbocycles. The van der Waals surface area contributed by atoms with Gasteiger partial charge in [-0.1, -0.05) is 49.3 Å². The Bertz CT molecular complexity index is 901. The summed E-state index contributed by atoms with van der Waals surface area (Å²) in [5.74, 6) is 0. The summed E-state index contributed by atoms with van der Waals surface area (Å²) in [6, 6.07) is 6.61. The van der Waals surface area contributed by atoms with Crippen molar-refractivity contribution in [2.24, 2.45) is 5.41 Å². The van der Waals surface area contributed by atoms with Gasteiger partial charge >= 0.3 is 0 Å². The molecule has 0 aromatic heterocycles. The van der Waals surface area contributed by atoms with Crippen LogP contribution in [0, 0.1) is 12.3 Å². The number of amides is 1. The van der Waals surface area contributed by atoms with Crippen LogP contribution in [0.4, 0.5) is 0 Å². The van der Waals surface area contributed by atoms with Crippen molar-refractivity contribution < 1.29 is 13.2 Å². The molecule has 0 heterocycles. The maximum absolute atomic E-state index is 13.0. The number of rotatable bonds is 6. The Morgan fingerprint density at radius 2 is 1.78 bits per heavy atom. The molecule has 0 fully saturated rings. The highest BCUT2D eigenvalue weighted by Crippen LogP contribution is 2.40. The van der Waals surface area contributed by atoms with Crippen LogP contribution < -0.4 is 5.32 Å². The van der Waals surface area contributed by atoms with Crippen LogP contribution in [0.2, 0.25) is 0 Å². The Kier molecular flexibility index (Phi) is 6.47. The molecule has 1 N–H and O–H groups in total. The van der Waals surface area contributed by atoms with Gasteiger partial charge in [-0.15, -0.1) is 0 Å². The lowest BCUT2D eigenvalue weighted by molar-refractivity contribution is -0.108. The zero-order chi connectivity index (χ0) is 20.2. The summed E-state index contributed by atoms with van der Waals surface area (Å²) in [6.45, 7) is 10.2. The van der Waals surface area contributed by atoms with E-state index in [1.807, 2.05) is 13.0 Å². The van der Waals surface area contributed by atoms with Crippen LogP contribution >= 0.6 is 0 Å². The molecular weight excluding hydrogens is 358 g/mol. The third-order valence-corrected chi connectivity index (χ3v) is 7.06. The zero-order valence-electron chi connectivity index (χ0n) is 16.8. The fraction of sp³-hybridized carbons (Fsp3) is 0.409. The maximum Gasteiger partial charge on any atom is 0.222 e. The van der Waals surface area contributed by atoms with Gasteiger partial charge in [-0.2, -0.15) is 0 Å². The monoisotopic (exact) mass is 387 g/mol. The van der Waals surface area contributed by atoms with Gasteiger partial charge in [0.1, 0.15) is 5.03 Å². The minimum Gasteiger partial charge on any atom is -0.319 e. The van der Waals surface area contributed by atoms with E-state index in [1.165, 1.54) is 17.6 Å². The summed E-state index contributed by atoms with van der Waals surface area (Å²) in [5.41, 5.74) is 4.12. The first kappa shape index (κ1) is 21.2. The van der Waals surface area contributed by atoms with Gasteiger partial charge in [0, 0.05) is 0 Å². The van der Waals surface area contributed by atoms with Crippen molar-refractivity contribution in [3.8, 4) is 0 Å². The summed E-state index contributed by atoms with van der Waals surface area (Å²) >= 11 is 0. The molecule has 0 atom stereocenters. The number of aryl methyl sites for hydroxylation is 1. The van der Waals surface area contributed by atoms with E-state index in [2.05, 4.69) is 26.1 Å². The van der Waals surface area contributed by atoms with Crippen LogP contribution in [-0.2, 0) is 14.6 Å². The normalized spacial score (nSPS) is 18.4. The molecule has 1 aliphatic carbocycles. The molecule has 0 aliphatic heterocycles. The molecule has 0 radical (unpaired) electrons. The quantitative estimate of drug-likeness (QED) is 0.562. The third-order valence-electron chi connectivity index (χ3n) is 5.19. The van der Waals surface area contributed by atoms with Crippen LogP contribution in [0.1, 0.15) is 52.5 Å². The Balaban J connectivity index is 2.48. The van der Waals surface area contributed by atoms with Gasteiger partial charge in [-0.3, -0.25) is 4.79 Å². The molecule has 0 saturated heterocycles. The van der Waals surface area contributed by atoms with Crippen molar-refractivity contribution in [1.29, 1.82) is 0 Å². The smallest absolute Gasteiger partial charge is 0.222 e. The van der Waals surface area contributed by atoms with Gasteiger partial charge < -0.3 is 5.32 Å². The maximum atomic E-state index is 13.0. The van der Waals surface area contributed by atoms with Crippen LogP contribution in [0.25, 0.3) is 0 Å². The van der Waals surface area contributed by atoms with Gasteiger partial charge in [0.25, 0.3) is 0 Å². The molecule has 5 heteroatoms. The van der Waals surface area contributed by atoms with E-state index in [1.54, 1.807) is 37.3 Å². The summed E-state index contributed by atoms with van der Waals surface area (Å²) in [7, 11) is -3.80. The number of hydrogen-bond donors (Lipinski definition) is 1. The van der Waals surface area contributed by atoms with Gasteiger partial charge in [0.05, 0.1) is 4.90 Å². The highest BCUT2D eigenvalue weighted by Gasteiger charge is 2.27. The SMILES string of the molecule is CC(/C=C/C1=C(C)CCCC1(C)C)=C(NC=O)S(=O)(=O)c1ccc(C)cc1. The number of carbonyl (C=O) groups is 1. The summed E-state index contributed by atoms with van der Waals surface area (Å²) in [5, 5.41) is 2.32. The first-order valence-corrected chi connectivity index (χ1v) is 10.7. The van der Waals surface area contributed by atoms with Crippen molar-refractivity contribution in [3.63, 3.8) is 0 Å². The predicted molar refractivity (Wildman–Crippen MR) is 110 cm³/mol. The van der Waals surface area contributed by atoms with E-state index in [0.717, 1.165) is 18.4 Å². The first-order chi connectivity index (χ1) is 12.6. The van der Waals surface area contributed by atoms with Gasteiger partial charge in [0.2, 0.25) is 16.2 Å². The second-order valence-electron chi connectivity index (χ2n) is 7.86. The Morgan fingerprint density at radius 3 is 2.33 bits per heavy atom. The largest absolute Gasteiger partial charge is 0.319 e. The lowest BCUT2D eigenvalue weighted by atomic mass is 9.72. The van der Waals surface area contributed by atoms with E-state index in [0.29, 0.717) is 12.0 Å². The first-order valence-electron chi connectivity index (χ1n) is 9.21. The Morgan fingerprint density at radius 1 is 1.15 bits per heavy atom. The predicted octanol–water partition coefficient (Wildman–Crippen LogP) is 4.83. The third kappa shape index (κ3) is 4.78. The molecule has 1 aliphatic rings. The fourth-order valence-corrected chi connectivity index (χ4v) is 5.01. The number of allylic oxidation sites excluding steroid dienone is 5. The molecule has 1 aromatic rings. The number of hydrogen-bond acceptors (Lipinski definition) is 3. The molecule has 1 aromatic carbocycles. The van der Waals surface area contributed by atoms with E-state index in [-0.39, 0.29) is 15.3 Å². The highest BCUT2D eigenvalue weighted by atomic mass is 32.2. The number of benzene rings is 1. The van der Waals surface area contributed by atoms with Crippen molar-refractivity contribution in [1.82, 2.24) is 5.32 Å². The molecule has 0 unspecified atom stereocenters. The summed E-state index contributed by atoms with van der Waals surface area (Å²) in [6.07, 6.45) is 7.55. The standard InChI is InChI=1S/C22H29NO3S/c1-16-8-11-19(12-9-16)27(25,26)21(23-15-24)18(3)10-13-20-17(2)7-6-14-22(20,4)5/h8-13,15H,6-7,14H2,1-5H3,(H,23,24)/b13-10+,21-18?. The van der Waals surface area contributed by atoms with E-state index in [9.17, 15) is 13.2 Å². The number of sulfone groups is 1. The van der Waals surface area contributed by atoms with Crippen LogP contribution in [0.15, 0.2) is 63.1 Å². The van der Waals surface area contributed by atoms with Gasteiger partial charge in [-0.05, 0) is 68.7 Å². The minimum atomic E-state index is -3.80. The second-order valence-corrected chi connectivity index (χ2v) is 9.74. The number of nitrogens with one attached hydrogen (secondary N) is 1. The Hall–Kier alpha value is -2.14. The van der Waals surface area contributed by atoms with E-state index >= 15 is 0 Å². The van der Waals surface area contributed by atoms with Gasteiger partial charge in [-0.25, -0.2) is 8.42 Å². The molecule has 146 valence electrons. The molecule has 27 heavy (non-hydrogen) atoms. The molecule has 0 bridgehead atoms. The lowest BCUT2D eigenvalue weighted by Crippen LogP contribution is -2.21. The van der Waals surface area contributed by atoms with Gasteiger partial charge in [0.15, 0.2) is 0 Å². The Labute approximate surface area is 163 Å². The average Bonchev–Trinajstić information content (AvgIpc) is 2.58. The fourth-order valence-electron chi connectivity index (χ4n) is 3.59. The summed E-state index contributed by atoms with van der Waals surface area (Å²) in [4.78, 5) is 11.2. The lowest BCUT2D eigenvalue weighted by Gasteiger charge is -2.33. The van der Waals surface area contributed by atoms with Crippen molar-refractivity contribution >= 4 is 16.2 Å². The van der Waals surface area contributed by atoms with Crippen molar-refractivity contribution in [3.05, 3.63) is 63.7 Å². The molecule has 1 amide bonds. The molecule has 2 rings (SSSR count). The van der Waals surface area contributed by atoms with Crippen LogP contribution in [0.5, 0.6) is 0 Å². The zero-order valence-corrected chi connectivity index (χ0v) is 17.6. The minimum absolute atomic E-state index is 0.0627. The van der Waals surface area contributed by atoms with E-state index in [4.69, 9.17) is 0 Å². The highest BCUT2D eigenvalue weighted by molar-refractivity contribution is 7.95. The molecular formula is C22H29NO3S. The average molecular weight is 388 g/mol. The molecule has 4 nitrogen and oxygen atoms in total.